The van der Waals surface area contributed by atoms with Gasteiger partial charge in [-0.05, 0) is 13.3 Å². The van der Waals surface area contributed by atoms with Gasteiger partial charge in [-0.15, -0.1) is 5.10 Å². The topological polar surface area (TPSA) is 56.7 Å². The first-order chi connectivity index (χ1) is 6.61. The van der Waals surface area contributed by atoms with Gasteiger partial charge in [0.1, 0.15) is 11.4 Å². The van der Waals surface area contributed by atoms with Gasteiger partial charge >= 0.3 is 0 Å². The summed E-state index contributed by atoms with van der Waals surface area (Å²) in [6.45, 7) is 3.72. The summed E-state index contributed by atoms with van der Waals surface area (Å²) < 4.78 is 26.6. The van der Waals surface area contributed by atoms with Crippen molar-refractivity contribution in [3.8, 4) is 0 Å². The lowest BCUT2D eigenvalue weighted by Gasteiger charge is -2.12. The predicted molar refractivity (Wildman–Crippen MR) is 47.9 cm³/mol. The van der Waals surface area contributed by atoms with E-state index >= 15 is 0 Å². The molecule has 0 aliphatic rings. The van der Waals surface area contributed by atoms with Crippen LogP contribution in [0, 0.1) is 0 Å². The molecule has 0 saturated heterocycles. The van der Waals surface area contributed by atoms with Crippen molar-refractivity contribution in [2.75, 3.05) is 0 Å². The van der Waals surface area contributed by atoms with E-state index in [2.05, 4.69) is 10.3 Å². The third-order valence-electron chi connectivity index (χ3n) is 2.21. The molecule has 2 N–H and O–H groups in total. The number of nitrogens with two attached hydrogens (primary N) is 1. The minimum atomic E-state index is -2.57. The molecule has 14 heavy (non-hydrogen) atoms. The third kappa shape index (κ3) is 1.89. The van der Waals surface area contributed by atoms with Crippen LogP contribution in [0.1, 0.15) is 44.1 Å². The van der Waals surface area contributed by atoms with Gasteiger partial charge in [-0.3, -0.25) is 0 Å². The second kappa shape index (κ2) is 4.45. The Labute approximate surface area is 81.1 Å². The average molecular weight is 204 g/mol. The number of hydrogen-bond donors (Lipinski definition) is 1. The number of alkyl halides is 2. The van der Waals surface area contributed by atoms with Crippen molar-refractivity contribution in [1.29, 1.82) is 0 Å². The zero-order valence-electron chi connectivity index (χ0n) is 8.24. The summed E-state index contributed by atoms with van der Waals surface area (Å²) in [6, 6.07) is -0.0770. The summed E-state index contributed by atoms with van der Waals surface area (Å²) in [7, 11) is 0. The largest absolute Gasteiger partial charge is 0.325 e. The van der Waals surface area contributed by atoms with Crippen molar-refractivity contribution in [2.45, 2.75) is 39.3 Å². The fourth-order valence-electron chi connectivity index (χ4n) is 1.20. The fourth-order valence-corrected chi connectivity index (χ4v) is 1.20. The summed E-state index contributed by atoms with van der Waals surface area (Å²) >= 11 is 0. The van der Waals surface area contributed by atoms with Crippen LogP contribution in [0.4, 0.5) is 8.78 Å². The van der Waals surface area contributed by atoms with Gasteiger partial charge in [0.15, 0.2) is 0 Å². The molecule has 0 bridgehead atoms. The Morgan fingerprint density at radius 1 is 1.50 bits per heavy atom. The van der Waals surface area contributed by atoms with Gasteiger partial charge in [0, 0.05) is 6.54 Å². The predicted octanol–water partition coefficient (Wildman–Crippen LogP) is 1.65. The summed E-state index contributed by atoms with van der Waals surface area (Å²) in [5.41, 5.74) is 5.32. The monoisotopic (exact) mass is 204 g/mol. The minimum absolute atomic E-state index is 0.00386. The maximum absolute atomic E-state index is 12.6. The van der Waals surface area contributed by atoms with E-state index < -0.39 is 6.43 Å². The molecule has 1 aromatic heterocycles. The second-order valence-corrected chi connectivity index (χ2v) is 3.13. The minimum Gasteiger partial charge on any atom is -0.325 e. The molecule has 0 saturated carbocycles. The Morgan fingerprint density at radius 3 is 2.57 bits per heavy atom. The number of rotatable bonds is 4. The molecule has 0 spiro atoms. The van der Waals surface area contributed by atoms with E-state index in [9.17, 15) is 8.78 Å². The van der Waals surface area contributed by atoms with Crippen LogP contribution in [-0.4, -0.2) is 15.0 Å². The summed E-state index contributed by atoms with van der Waals surface area (Å²) in [4.78, 5) is 0. The number of nitrogens with zero attached hydrogens (tertiary/aromatic N) is 3. The van der Waals surface area contributed by atoms with Gasteiger partial charge in [-0.1, -0.05) is 12.1 Å². The second-order valence-electron chi connectivity index (χ2n) is 3.13. The van der Waals surface area contributed by atoms with Crippen LogP contribution < -0.4 is 5.73 Å². The molecule has 0 amide bonds. The molecule has 1 aromatic rings. The van der Waals surface area contributed by atoms with Crippen molar-refractivity contribution in [3.63, 3.8) is 0 Å². The van der Waals surface area contributed by atoms with Crippen LogP contribution >= 0.6 is 0 Å². The Hall–Kier alpha value is -1.04. The highest BCUT2D eigenvalue weighted by molar-refractivity contribution is 5.11. The Balaban J connectivity index is 3.10. The SMILES string of the molecule is CCC(C)n1nnc(CN)c1C(F)F. The van der Waals surface area contributed by atoms with Gasteiger partial charge in [0.25, 0.3) is 6.43 Å². The van der Waals surface area contributed by atoms with E-state index in [1.54, 1.807) is 0 Å². The van der Waals surface area contributed by atoms with Gasteiger partial charge in [-0.2, -0.15) is 0 Å². The normalized spacial score (nSPS) is 13.6. The van der Waals surface area contributed by atoms with Crippen LogP contribution in [0.3, 0.4) is 0 Å². The quantitative estimate of drug-likeness (QED) is 0.811. The molecule has 1 unspecified atom stereocenters. The van der Waals surface area contributed by atoms with Crippen LogP contribution in [0.15, 0.2) is 0 Å². The van der Waals surface area contributed by atoms with E-state index in [0.29, 0.717) is 0 Å². The molecule has 0 aromatic carbocycles. The maximum Gasteiger partial charge on any atom is 0.281 e. The number of aromatic nitrogens is 3. The van der Waals surface area contributed by atoms with E-state index in [-0.39, 0.29) is 24.0 Å². The van der Waals surface area contributed by atoms with E-state index in [1.165, 1.54) is 4.68 Å². The highest BCUT2D eigenvalue weighted by Crippen LogP contribution is 2.24. The van der Waals surface area contributed by atoms with Crippen molar-refractivity contribution >= 4 is 0 Å². The van der Waals surface area contributed by atoms with E-state index in [0.717, 1.165) is 6.42 Å². The lowest BCUT2D eigenvalue weighted by Crippen LogP contribution is -2.12. The molecule has 0 fully saturated rings. The lowest BCUT2D eigenvalue weighted by molar-refractivity contribution is 0.135. The van der Waals surface area contributed by atoms with Crippen LogP contribution in [0.2, 0.25) is 0 Å². The molecule has 6 heteroatoms. The first-order valence-corrected chi connectivity index (χ1v) is 4.54. The molecule has 0 radical (unpaired) electrons. The molecule has 1 atom stereocenters. The number of hydrogen-bond acceptors (Lipinski definition) is 3. The standard InChI is InChI=1S/C8H14F2N4/c1-3-5(2)14-7(8(9)10)6(4-11)12-13-14/h5,8H,3-4,11H2,1-2H3. The molecule has 0 aliphatic carbocycles. The molecule has 4 nitrogen and oxygen atoms in total. The highest BCUT2D eigenvalue weighted by Gasteiger charge is 2.22. The molecular weight excluding hydrogens is 190 g/mol. The summed E-state index contributed by atoms with van der Waals surface area (Å²) in [5.74, 6) is 0. The van der Waals surface area contributed by atoms with Crippen molar-refractivity contribution in [2.24, 2.45) is 5.73 Å². The van der Waals surface area contributed by atoms with Crippen LogP contribution in [0.25, 0.3) is 0 Å². The van der Waals surface area contributed by atoms with Crippen molar-refractivity contribution in [1.82, 2.24) is 15.0 Å². The van der Waals surface area contributed by atoms with E-state index in [1.807, 2.05) is 13.8 Å². The Bertz CT molecular complexity index is 298. The molecule has 1 heterocycles. The van der Waals surface area contributed by atoms with Crippen molar-refractivity contribution < 1.29 is 8.78 Å². The number of halogens is 2. The van der Waals surface area contributed by atoms with Gasteiger partial charge < -0.3 is 5.73 Å². The molecule has 80 valence electrons. The van der Waals surface area contributed by atoms with Gasteiger partial charge in [0.2, 0.25) is 0 Å². The first-order valence-electron chi connectivity index (χ1n) is 4.54. The summed E-state index contributed by atoms with van der Waals surface area (Å²) in [5, 5.41) is 7.32. The Morgan fingerprint density at radius 2 is 2.14 bits per heavy atom. The Kier molecular flexibility index (Phi) is 3.51. The van der Waals surface area contributed by atoms with Gasteiger partial charge in [-0.25, -0.2) is 13.5 Å². The lowest BCUT2D eigenvalue weighted by atomic mass is 10.2. The smallest absolute Gasteiger partial charge is 0.281 e. The summed E-state index contributed by atoms with van der Waals surface area (Å²) in [6.07, 6.45) is -1.84. The highest BCUT2D eigenvalue weighted by atomic mass is 19.3. The fraction of sp³-hybridized carbons (Fsp3) is 0.750. The zero-order chi connectivity index (χ0) is 10.7. The third-order valence-corrected chi connectivity index (χ3v) is 2.21. The average Bonchev–Trinajstić information content (AvgIpc) is 2.59. The van der Waals surface area contributed by atoms with Crippen LogP contribution in [0.5, 0.6) is 0 Å². The molecular formula is C8H14F2N4. The van der Waals surface area contributed by atoms with E-state index in [4.69, 9.17) is 5.73 Å². The molecule has 1 rings (SSSR count). The zero-order valence-corrected chi connectivity index (χ0v) is 8.24. The maximum atomic E-state index is 12.6. The van der Waals surface area contributed by atoms with Gasteiger partial charge in [0.05, 0.1) is 6.04 Å². The van der Waals surface area contributed by atoms with Crippen molar-refractivity contribution in [3.05, 3.63) is 11.4 Å². The molecule has 0 aliphatic heterocycles. The first kappa shape index (κ1) is 11.0. The van der Waals surface area contributed by atoms with Crippen LogP contribution in [-0.2, 0) is 6.54 Å².